The Labute approximate surface area is 138 Å². The Morgan fingerprint density at radius 3 is 2.67 bits per heavy atom. The molecule has 0 saturated heterocycles. The SMILES string of the molecule is COc1cc(-n2c(N)nc3cc(C)cnc32)c(Br)cc1Br. The van der Waals surface area contributed by atoms with E-state index in [1.807, 2.05) is 25.1 Å². The third-order valence-electron chi connectivity index (χ3n) is 3.12. The second kappa shape index (κ2) is 5.31. The number of hydrogen-bond acceptors (Lipinski definition) is 4. The zero-order valence-electron chi connectivity index (χ0n) is 11.4. The number of halogens is 2. The number of fused-ring (bicyclic) bond motifs is 1. The molecule has 0 aliphatic rings. The van der Waals surface area contributed by atoms with Gasteiger partial charge in [-0.2, -0.15) is 0 Å². The fourth-order valence-electron chi connectivity index (χ4n) is 2.17. The number of aromatic nitrogens is 3. The van der Waals surface area contributed by atoms with Crippen molar-refractivity contribution in [3.8, 4) is 11.4 Å². The minimum Gasteiger partial charge on any atom is -0.495 e. The molecule has 7 heteroatoms. The highest BCUT2D eigenvalue weighted by Crippen LogP contribution is 2.35. The molecule has 0 aliphatic carbocycles. The highest BCUT2D eigenvalue weighted by Gasteiger charge is 2.16. The lowest BCUT2D eigenvalue weighted by Gasteiger charge is -2.12. The Morgan fingerprint density at radius 1 is 1.19 bits per heavy atom. The van der Waals surface area contributed by atoms with Crippen molar-refractivity contribution in [2.45, 2.75) is 6.92 Å². The van der Waals surface area contributed by atoms with Gasteiger partial charge in [0, 0.05) is 16.7 Å². The van der Waals surface area contributed by atoms with Crippen molar-refractivity contribution in [2.75, 3.05) is 12.8 Å². The minimum absolute atomic E-state index is 0.383. The van der Waals surface area contributed by atoms with Gasteiger partial charge in [0.15, 0.2) is 5.65 Å². The van der Waals surface area contributed by atoms with Gasteiger partial charge in [0.25, 0.3) is 0 Å². The molecular weight excluding hydrogens is 400 g/mol. The molecule has 3 rings (SSSR count). The first-order chi connectivity index (χ1) is 10.0. The summed E-state index contributed by atoms with van der Waals surface area (Å²) in [5, 5.41) is 0. The summed E-state index contributed by atoms with van der Waals surface area (Å²) in [4.78, 5) is 8.82. The Balaban J connectivity index is 2.32. The van der Waals surface area contributed by atoms with Crippen molar-refractivity contribution in [1.29, 1.82) is 0 Å². The van der Waals surface area contributed by atoms with Crippen LogP contribution in [0, 0.1) is 6.92 Å². The number of anilines is 1. The van der Waals surface area contributed by atoms with Gasteiger partial charge in [0.2, 0.25) is 5.95 Å². The van der Waals surface area contributed by atoms with E-state index in [9.17, 15) is 0 Å². The number of methoxy groups -OCH3 is 1. The van der Waals surface area contributed by atoms with Crippen LogP contribution in [-0.4, -0.2) is 21.6 Å². The molecular formula is C14H12Br2N4O. The first-order valence-corrected chi connectivity index (χ1v) is 7.74. The lowest BCUT2D eigenvalue weighted by molar-refractivity contribution is 0.412. The summed E-state index contributed by atoms with van der Waals surface area (Å²) >= 11 is 7.00. The monoisotopic (exact) mass is 410 g/mol. The van der Waals surface area contributed by atoms with E-state index >= 15 is 0 Å². The quantitative estimate of drug-likeness (QED) is 0.695. The van der Waals surface area contributed by atoms with Crippen LogP contribution in [0.4, 0.5) is 5.95 Å². The normalized spacial score (nSPS) is 11.0. The van der Waals surface area contributed by atoms with Gasteiger partial charge in [0.05, 0.1) is 17.3 Å². The van der Waals surface area contributed by atoms with Crippen molar-refractivity contribution < 1.29 is 4.74 Å². The van der Waals surface area contributed by atoms with Crippen molar-refractivity contribution in [3.05, 3.63) is 38.9 Å². The summed E-state index contributed by atoms with van der Waals surface area (Å²) in [6.45, 7) is 1.97. The lowest BCUT2D eigenvalue weighted by atomic mass is 10.3. The number of nitrogens with zero attached hydrogens (tertiary/aromatic N) is 3. The number of pyridine rings is 1. The van der Waals surface area contributed by atoms with Gasteiger partial charge in [0.1, 0.15) is 11.3 Å². The zero-order valence-corrected chi connectivity index (χ0v) is 14.6. The number of ether oxygens (including phenoxy) is 1. The van der Waals surface area contributed by atoms with Crippen molar-refractivity contribution in [1.82, 2.24) is 14.5 Å². The topological polar surface area (TPSA) is 66.0 Å². The van der Waals surface area contributed by atoms with Crippen molar-refractivity contribution in [3.63, 3.8) is 0 Å². The molecule has 0 amide bonds. The van der Waals surface area contributed by atoms with E-state index in [0.29, 0.717) is 17.3 Å². The Morgan fingerprint density at radius 2 is 1.95 bits per heavy atom. The maximum absolute atomic E-state index is 6.07. The molecule has 5 nitrogen and oxygen atoms in total. The number of benzene rings is 1. The van der Waals surface area contributed by atoms with E-state index < -0.39 is 0 Å². The van der Waals surface area contributed by atoms with E-state index in [4.69, 9.17) is 10.5 Å². The number of aryl methyl sites for hydroxylation is 1. The summed E-state index contributed by atoms with van der Waals surface area (Å²) in [5.74, 6) is 1.09. The summed E-state index contributed by atoms with van der Waals surface area (Å²) in [7, 11) is 1.62. The number of nitrogen functional groups attached to an aromatic ring is 1. The Hall–Kier alpha value is -1.60. The molecule has 2 aromatic heterocycles. The Kier molecular flexibility index (Phi) is 3.62. The van der Waals surface area contributed by atoms with E-state index in [-0.39, 0.29) is 0 Å². The average Bonchev–Trinajstić information content (AvgIpc) is 2.74. The van der Waals surface area contributed by atoms with E-state index in [1.54, 1.807) is 17.9 Å². The van der Waals surface area contributed by atoms with Gasteiger partial charge in [-0.05, 0) is 56.5 Å². The second-order valence-electron chi connectivity index (χ2n) is 4.60. The molecule has 0 unspecified atom stereocenters. The first-order valence-electron chi connectivity index (χ1n) is 6.15. The molecule has 2 N–H and O–H groups in total. The third-order valence-corrected chi connectivity index (χ3v) is 4.38. The van der Waals surface area contributed by atoms with Gasteiger partial charge >= 0.3 is 0 Å². The van der Waals surface area contributed by atoms with Crippen LogP contribution in [0.25, 0.3) is 16.9 Å². The highest BCUT2D eigenvalue weighted by atomic mass is 79.9. The maximum atomic E-state index is 6.07. The van der Waals surface area contributed by atoms with Gasteiger partial charge < -0.3 is 10.5 Å². The van der Waals surface area contributed by atoms with Crippen LogP contribution >= 0.6 is 31.9 Å². The maximum Gasteiger partial charge on any atom is 0.207 e. The van der Waals surface area contributed by atoms with Crippen LogP contribution in [0.2, 0.25) is 0 Å². The summed E-state index contributed by atoms with van der Waals surface area (Å²) in [5.41, 5.74) is 9.42. The molecule has 0 aliphatic heterocycles. The fourth-order valence-corrected chi connectivity index (χ4v) is 3.50. The van der Waals surface area contributed by atoms with Crippen LogP contribution in [-0.2, 0) is 0 Å². The predicted molar refractivity (Wildman–Crippen MR) is 90.0 cm³/mol. The fraction of sp³-hybridized carbons (Fsp3) is 0.143. The summed E-state index contributed by atoms with van der Waals surface area (Å²) in [6.07, 6.45) is 1.80. The van der Waals surface area contributed by atoms with Gasteiger partial charge in [-0.25, -0.2) is 9.97 Å². The molecule has 2 heterocycles. The molecule has 21 heavy (non-hydrogen) atoms. The minimum atomic E-state index is 0.383. The van der Waals surface area contributed by atoms with Gasteiger partial charge in [-0.15, -0.1) is 0 Å². The summed E-state index contributed by atoms with van der Waals surface area (Å²) < 4.78 is 8.86. The van der Waals surface area contributed by atoms with E-state index in [1.165, 1.54) is 0 Å². The van der Waals surface area contributed by atoms with E-state index in [2.05, 4.69) is 41.8 Å². The molecule has 0 fully saturated rings. The van der Waals surface area contributed by atoms with Crippen LogP contribution in [0.5, 0.6) is 5.75 Å². The largest absolute Gasteiger partial charge is 0.495 e. The number of rotatable bonds is 2. The standard InChI is InChI=1S/C14H12Br2N4O/c1-7-3-10-13(18-6-7)20(14(17)19-10)11-5-12(21-2)9(16)4-8(11)15/h3-6H,1-2H3,(H2,17,19). The smallest absolute Gasteiger partial charge is 0.207 e. The predicted octanol–water partition coefficient (Wildman–Crippen LogP) is 3.84. The molecule has 1 aromatic carbocycles. The number of nitrogens with two attached hydrogens (primary N) is 1. The Bertz CT molecular complexity index is 845. The lowest BCUT2D eigenvalue weighted by Crippen LogP contribution is -2.03. The zero-order chi connectivity index (χ0) is 15.1. The number of imidazole rings is 1. The second-order valence-corrected chi connectivity index (χ2v) is 6.31. The molecule has 0 radical (unpaired) electrons. The molecule has 0 spiro atoms. The van der Waals surface area contributed by atoms with Gasteiger partial charge in [-0.1, -0.05) is 0 Å². The average molecular weight is 412 g/mol. The molecule has 0 atom stereocenters. The van der Waals surface area contributed by atoms with Crippen molar-refractivity contribution in [2.24, 2.45) is 0 Å². The highest BCUT2D eigenvalue weighted by molar-refractivity contribution is 9.11. The molecule has 3 aromatic rings. The molecule has 0 bridgehead atoms. The number of hydrogen-bond donors (Lipinski definition) is 1. The van der Waals surface area contributed by atoms with Crippen LogP contribution in [0.15, 0.2) is 33.3 Å². The van der Waals surface area contributed by atoms with Crippen molar-refractivity contribution >= 4 is 49.0 Å². The first kappa shape index (κ1) is 14.3. The molecule has 0 saturated carbocycles. The molecule has 108 valence electrons. The van der Waals surface area contributed by atoms with Crippen LogP contribution < -0.4 is 10.5 Å². The van der Waals surface area contributed by atoms with Crippen LogP contribution in [0.3, 0.4) is 0 Å². The van der Waals surface area contributed by atoms with Crippen LogP contribution in [0.1, 0.15) is 5.56 Å². The summed E-state index contributed by atoms with van der Waals surface area (Å²) in [6, 6.07) is 5.75. The van der Waals surface area contributed by atoms with E-state index in [0.717, 1.165) is 25.7 Å². The van der Waals surface area contributed by atoms with Gasteiger partial charge in [-0.3, -0.25) is 4.57 Å². The third kappa shape index (κ3) is 2.40.